The van der Waals surface area contributed by atoms with Crippen molar-refractivity contribution >= 4 is 17.2 Å². The molecule has 0 unspecified atom stereocenters. The van der Waals surface area contributed by atoms with Crippen molar-refractivity contribution in [3.8, 4) is 0 Å². The molecule has 4 nitrogen and oxygen atoms in total. The Hall–Kier alpha value is -0.940. The molecule has 5 heteroatoms. The van der Waals surface area contributed by atoms with Crippen molar-refractivity contribution in [3.63, 3.8) is 0 Å². The van der Waals surface area contributed by atoms with Crippen LogP contribution in [0.3, 0.4) is 0 Å². The zero-order valence-electron chi connectivity index (χ0n) is 9.98. The maximum absolute atomic E-state index is 12.0. The van der Waals surface area contributed by atoms with Crippen LogP contribution in [0.5, 0.6) is 0 Å². The predicted octanol–water partition coefficient (Wildman–Crippen LogP) is 1.74. The lowest BCUT2D eigenvalue weighted by Crippen LogP contribution is -2.45. The number of hydrogen-bond donors (Lipinski definition) is 2. The Morgan fingerprint density at radius 3 is 3.06 bits per heavy atom. The number of thiazole rings is 1. The van der Waals surface area contributed by atoms with Crippen molar-refractivity contribution in [1.29, 1.82) is 0 Å². The van der Waals surface area contributed by atoms with E-state index in [1.807, 2.05) is 6.92 Å². The highest BCUT2D eigenvalue weighted by Crippen LogP contribution is 2.20. The minimum atomic E-state index is -0.398. The third kappa shape index (κ3) is 2.84. The molecule has 1 amide bonds. The van der Waals surface area contributed by atoms with Gasteiger partial charge in [0.1, 0.15) is 4.88 Å². The third-order valence-corrected chi connectivity index (χ3v) is 4.10. The van der Waals surface area contributed by atoms with E-state index in [1.165, 1.54) is 11.3 Å². The lowest BCUT2D eigenvalue weighted by Gasteiger charge is -2.28. The Balaban J connectivity index is 2.01. The van der Waals surface area contributed by atoms with Crippen LogP contribution < -0.4 is 5.32 Å². The molecule has 0 aliphatic heterocycles. The highest BCUT2D eigenvalue weighted by atomic mass is 32.1. The van der Waals surface area contributed by atoms with Gasteiger partial charge in [-0.2, -0.15) is 0 Å². The van der Waals surface area contributed by atoms with Gasteiger partial charge in [-0.15, -0.1) is 11.3 Å². The fourth-order valence-electron chi connectivity index (χ4n) is 2.22. The summed E-state index contributed by atoms with van der Waals surface area (Å²) in [7, 11) is 0. The molecular formula is C12H18N2O2S. The SMILES string of the molecule is CCc1ncsc1C(=O)N[C@@H]1CCCC[C@H]1O. The summed E-state index contributed by atoms with van der Waals surface area (Å²) >= 11 is 1.37. The minimum Gasteiger partial charge on any atom is -0.391 e. The molecule has 94 valence electrons. The van der Waals surface area contributed by atoms with Gasteiger partial charge in [-0.25, -0.2) is 4.98 Å². The van der Waals surface area contributed by atoms with Crippen molar-refractivity contribution < 1.29 is 9.90 Å². The number of hydrogen-bond acceptors (Lipinski definition) is 4. The smallest absolute Gasteiger partial charge is 0.263 e. The van der Waals surface area contributed by atoms with E-state index in [1.54, 1.807) is 5.51 Å². The first-order valence-electron chi connectivity index (χ1n) is 6.13. The van der Waals surface area contributed by atoms with Crippen LogP contribution in [0.1, 0.15) is 48.0 Å². The Morgan fingerprint density at radius 1 is 1.59 bits per heavy atom. The van der Waals surface area contributed by atoms with Crippen molar-refractivity contribution in [2.75, 3.05) is 0 Å². The van der Waals surface area contributed by atoms with Gasteiger partial charge in [0.25, 0.3) is 5.91 Å². The van der Waals surface area contributed by atoms with Crippen molar-refractivity contribution in [3.05, 3.63) is 16.1 Å². The van der Waals surface area contributed by atoms with Crippen molar-refractivity contribution in [2.45, 2.75) is 51.2 Å². The Labute approximate surface area is 105 Å². The van der Waals surface area contributed by atoms with Crippen LogP contribution >= 0.6 is 11.3 Å². The molecule has 1 aliphatic carbocycles. The summed E-state index contributed by atoms with van der Waals surface area (Å²) < 4.78 is 0. The van der Waals surface area contributed by atoms with Crippen LogP contribution in [-0.4, -0.2) is 28.1 Å². The molecular weight excluding hydrogens is 236 g/mol. The topological polar surface area (TPSA) is 62.2 Å². The van der Waals surface area contributed by atoms with Crippen LogP contribution in [0.25, 0.3) is 0 Å². The number of rotatable bonds is 3. The second-order valence-electron chi connectivity index (χ2n) is 4.41. The van der Waals surface area contributed by atoms with Gasteiger partial charge in [0.15, 0.2) is 0 Å². The number of carbonyl (C=O) groups excluding carboxylic acids is 1. The van der Waals surface area contributed by atoms with Gasteiger partial charge in [0.05, 0.1) is 23.4 Å². The van der Waals surface area contributed by atoms with E-state index in [4.69, 9.17) is 0 Å². The normalized spacial score (nSPS) is 24.6. The minimum absolute atomic E-state index is 0.0877. The molecule has 0 spiro atoms. The zero-order chi connectivity index (χ0) is 12.3. The number of nitrogens with one attached hydrogen (secondary N) is 1. The zero-order valence-corrected chi connectivity index (χ0v) is 10.8. The molecule has 1 aromatic rings. The van der Waals surface area contributed by atoms with Crippen LogP contribution in [-0.2, 0) is 6.42 Å². The summed E-state index contributed by atoms with van der Waals surface area (Å²) in [6.45, 7) is 1.99. The Bertz CT molecular complexity index is 392. The second kappa shape index (κ2) is 5.60. The molecule has 1 aromatic heterocycles. The average molecular weight is 254 g/mol. The van der Waals surface area contributed by atoms with E-state index in [0.717, 1.165) is 37.8 Å². The van der Waals surface area contributed by atoms with E-state index >= 15 is 0 Å². The lowest BCUT2D eigenvalue weighted by molar-refractivity contribution is 0.0719. The summed E-state index contributed by atoms with van der Waals surface area (Å²) in [4.78, 5) is 16.9. The molecule has 17 heavy (non-hydrogen) atoms. The first-order chi connectivity index (χ1) is 8.22. The standard InChI is InChI=1S/C12H18N2O2S/c1-2-8-11(17-7-13-8)12(16)14-9-5-3-4-6-10(9)15/h7,9-10,15H,2-6H2,1H3,(H,14,16)/t9-,10-/m1/s1. The molecule has 2 rings (SSSR count). The largest absolute Gasteiger partial charge is 0.391 e. The molecule has 2 N–H and O–H groups in total. The van der Waals surface area contributed by atoms with Gasteiger partial charge >= 0.3 is 0 Å². The molecule has 2 atom stereocenters. The number of nitrogens with zero attached hydrogens (tertiary/aromatic N) is 1. The monoisotopic (exact) mass is 254 g/mol. The highest BCUT2D eigenvalue weighted by Gasteiger charge is 2.26. The van der Waals surface area contributed by atoms with Gasteiger partial charge < -0.3 is 10.4 Å². The van der Waals surface area contributed by atoms with Gasteiger partial charge in [0, 0.05) is 0 Å². The van der Waals surface area contributed by atoms with Crippen molar-refractivity contribution in [2.24, 2.45) is 0 Å². The highest BCUT2D eigenvalue weighted by molar-refractivity contribution is 7.11. The van der Waals surface area contributed by atoms with Crippen molar-refractivity contribution in [1.82, 2.24) is 10.3 Å². The number of aryl methyl sites for hydroxylation is 1. The summed E-state index contributed by atoms with van der Waals surface area (Å²) in [5, 5.41) is 12.7. The van der Waals surface area contributed by atoms with E-state index in [-0.39, 0.29) is 11.9 Å². The van der Waals surface area contributed by atoms with Gasteiger partial charge in [-0.3, -0.25) is 4.79 Å². The van der Waals surface area contributed by atoms with Crippen LogP contribution in [0.2, 0.25) is 0 Å². The number of aliphatic hydroxyl groups excluding tert-OH is 1. The molecule has 0 bridgehead atoms. The van der Waals surface area contributed by atoms with E-state index < -0.39 is 6.10 Å². The molecule has 1 saturated carbocycles. The Kier molecular flexibility index (Phi) is 4.12. The number of carbonyl (C=O) groups is 1. The predicted molar refractivity (Wildman–Crippen MR) is 67.2 cm³/mol. The average Bonchev–Trinajstić information content (AvgIpc) is 2.80. The molecule has 0 aromatic carbocycles. The van der Waals surface area contributed by atoms with E-state index in [0.29, 0.717) is 4.88 Å². The summed E-state index contributed by atoms with van der Waals surface area (Å²) in [6.07, 6.45) is 4.14. The Morgan fingerprint density at radius 2 is 2.35 bits per heavy atom. The summed E-state index contributed by atoms with van der Waals surface area (Å²) in [6, 6.07) is -0.0944. The van der Waals surface area contributed by atoms with Gasteiger partial charge in [0.2, 0.25) is 0 Å². The quantitative estimate of drug-likeness (QED) is 0.863. The van der Waals surface area contributed by atoms with Crippen LogP contribution in [0.4, 0.5) is 0 Å². The number of aliphatic hydroxyl groups is 1. The van der Waals surface area contributed by atoms with E-state index in [2.05, 4.69) is 10.3 Å². The number of amides is 1. The van der Waals surface area contributed by atoms with Gasteiger partial charge in [-0.1, -0.05) is 19.8 Å². The third-order valence-electron chi connectivity index (χ3n) is 3.23. The fourth-order valence-corrected chi connectivity index (χ4v) is 3.00. The second-order valence-corrected chi connectivity index (χ2v) is 5.27. The molecule has 0 radical (unpaired) electrons. The van der Waals surface area contributed by atoms with Crippen LogP contribution in [0.15, 0.2) is 5.51 Å². The molecule has 1 fully saturated rings. The summed E-state index contributed by atoms with van der Waals surface area (Å²) in [5.74, 6) is -0.0877. The maximum atomic E-state index is 12.0. The lowest BCUT2D eigenvalue weighted by atomic mass is 9.92. The molecule has 1 heterocycles. The van der Waals surface area contributed by atoms with E-state index in [9.17, 15) is 9.90 Å². The summed E-state index contributed by atoms with van der Waals surface area (Å²) in [5.41, 5.74) is 2.54. The molecule has 0 saturated heterocycles. The maximum Gasteiger partial charge on any atom is 0.263 e. The fraction of sp³-hybridized carbons (Fsp3) is 0.667. The number of aromatic nitrogens is 1. The first-order valence-corrected chi connectivity index (χ1v) is 7.01. The molecule has 1 aliphatic rings. The van der Waals surface area contributed by atoms with Gasteiger partial charge in [-0.05, 0) is 19.3 Å². The van der Waals surface area contributed by atoms with Crippen LogP contribution in [0, 0.1) is 0 Å². The first kappa shape index (κ1) is 12.5.